The Morgan fingerprint density at radius 1 is 1.22 bits per heavy atom. The lowest BCUT2D eigenvalue weighted by Crippen LogP contribution is -2.47. The smallest absolute Gasteiger partial charge is 0.336 e. The number of ether oxygens (including phenoxy) is 1. The largest absolute Gasteiger partial charge is 0.463 e. The molecule has 2 unspecified atom stereocenters. The lowest BCUT2D eigenvalue weighted by atomic mass is 9.80. The predicted molar refractivity (Wildman–Crippen MR) is 143 cm³/mol. The molecule has 4 rings (SSSR count). The molecule has 0 aliphatic carbocycles. The Labute approximate surface area is 215 Å². The minimum atomic E-state index is -0.544. The van der Waals surface area contributed by atoms with Gasteiger partial charge in [0.25, 0.3) is 5.69 Å². The molecule has 0 radical (unpaired) electrons. The van der Waals surface area contributed by atoms with Crippen LogP contribution in [0.2, 0.25) is 0 Å². The van der Waals surface area contributed by atoms with Crippen LogP contribution in [0.1, 0.15) is 56.5 Å². The Hall–Kier alpha value is -3.56. The van der Waals surface area contributed by atoms with Gasteiger partial charge < -0.3 is 10.1 Å². The lowest BCUT2D eigenvalue weighted by Gasteiger charge is -2.39. The van der Waals surface area contributed by atoms with Crippen molar-refractivity contribution >= 4 is 33.9 Å². The van der Waals surface area contributed by atoms with Crippen molar-refractivity contribution in [3.8, 4) is 0 Å². The van der Waals surface area contributed by atoms with Crippen molar-refractivity contribution in [1.29, 1.82) is 0 Å². The number of fused-ring (bicyclic) bond motifs is 1. The van der Waals surface area contributed by atoms with E-state index in [0.717, 1.165) is 28.5 Å². The van der Waals surface area contributed by atoms with Crippen molar-refractivity contribution < 1.29 is 14.5 Å². The van der Waals surface area contributed by atoms with Crippen molar-refractivity contribution in [1.82, 2.24) is 8.86 Å². The number of esters is 1. The maximum Gasteiger partial charge on any atom is 0.336 e. The number of nitro groups is 1. The van der Waals surface area contributed by atoms with Gasteiger partial charge in [0.2, 0.25) is 0 Å². The summed E-state index contributed by atoms with van der Waals surface area (Å²) in [5.41, 5.74) is 4.64. The second kappa shape index (κ2) is 10.2. The van der Waals surface area contributed by atoms with E-state index in [1.54, 1.807) is 19.1 Å². The minimum absolute atomic E-state index is 0.0234. The van der Waals surface area contributed by atoms with E-state index in [-0.39, 0.29) is 18.3 Å². The maximum absolute atomic E-state index is 13.2. The fourth-order valence-electron chi connectivity index (χ4n) is 4.93. The first-order valence-corrected chi connectivity index (χ1v) is 12.8. The highest BCUT2D eigenvalue weighted by atomic mass is 32.1. The Morgan fingerprint density at radius 3 is 2.58 bits per heavy atom. The van der Waals surface area contributed by atoms with Gasteiger partial charge in [0.1, 0.15) is 22.4 Å². The first-order valence-electron chi connectivity index (χ1n) is 12.0. The number of nitro benzene ring substituents is 1. The number of aromatic nitrogens is 1. The zero-order valence-corrected chi connectivity index (χ0v) is 22.0. The third-order valence-corrected chi connectivity index (χ3v) is 7.99. The lowest BCUT2D eigenvalue weighted by molar-refractivity contribution is -0.384. The average Bonchev–Trinajstić information content (AvgIpc) is 3.30. The average molecular weight is 508 g/mol. The van der Waals surface area contributed by atoms with Gasteiger partial charge in [-0.2, -0.15) is 4.37 Å². The number of benzene rings is 2. The molecule has 0 saturated heterocycles. The van der Waals surface area contributed by atoms with Crippen LogP contribution in [-0.2, 0) is 9.53 Å². The quantitative estimate of drug-likeness (QED) is 0.170. The maximum atomic E-state index is 13.2. The van der Waals surface area contributed by atoms with Crippen LogP contribution in [0.4, 0.5) is 16.4 Å². The molecule has 9 heteroatoms. The summed E-state index contributed by atoms with van der Waals surface area (Å²) >= 11 is 1.35. The highest BCUT2D eigenvalue weighted by molar-refractivity contribution is 7.10. The van der Waals surface area contributed by atoms with Gasteiger partial charge in [-0.25, -0.2) is 4.79 Å². The molecule has 1 aliphatic heterocycles. The van der Waals surface area contributed by atoms with Crippen molar-refractivity contribution in [3.63, 3.8) is 0 Å². The SMILES string of the molecule is CCOC(=O)C1=C(C)Nc2snc([C@H](C)[N+](C)(CC)c3ccccc3)c2C1c1cccc([N+](=O)[O-])c1. The topological polar surface area (TPSA) is 94.4 Å². The van der Waals surface area contributed by atoms with E-state index in [9.17, 15) is 14.9 Å². The molecule has 188 valence electrons. The van der Waals surface area contributed by atoms with Crippen LogP contribution in [0.3, 0.4) is 0 Å². The molecule has 2 heterocycles. The van der Waals surface area contributed by atoms with Gasteiger partial charge in [-0.05, 0) is 56.9 Å². The molecule has 0 fully saturated rings. The van der Waals surface area contributed by atoms with Gasteiger partial charge >= 0.3 is 5.97 Å². The highest BCUT2D eigenvalue weighted by Gasteiger charge is 2.42. The molecule has 2 aromatic carbocycles. The number of quaternary nitrogens is 1. The second-order valence-electron chi connectivity index (χ2n) is 9.08. The number of rotatable bonds is 8. The van der Waals surface area contributed by atoms with E-state index in [1.165, 1.54) is 17.6 Å². The number of carbonyl (C=O) groups is 1. The number of anilines is 1. The van der Waals surface area contributed by atoms with E-state index in [4.69, 9.17) is 9.11 Å². The van der Waals surface area contributed by atoms with E-state index in [0.29, 0.717) is 21.3 Å². The fraction of sp³-hybridized carbons (Fsp3) is 0.333. The fourth-order valence-corrected chi connectivity index (χ4v) is 5.89. The van der Waals surface area contributed by atoms with Gasteiger partial charge in [-0.1, -0.05) is 30.3 Å². The number of hydrogen-bond donors (Lipinski definition) is 1. The molecule has 1 N–H and O–H groups in total. The second-order valence-corrected chi connectivity index (χ2v) is 9.85. The zero-order valence-electron chi connectivity index (χ0n) is 21.1. The third kappa shape index (κ3) is 4.40. The molecule has 0 saturated carbocycles. The summed E-state index contributed by atoms with van der Waals surface area (Å²) in [6, 6.07) is 16.7. The van der Waals surface area contributed by atoms with Gasteiger partial charge in [-0.15, -0.1) is 0 Å². The van der Waals surface area contributed by atoms with E-state index < -0.39 is 16.8 Å². The molecule has 3 aromatic rings. The molecule has 1 aromatic heterocycles. The Bertz CT molecular complexity index is 1320. The summed E-state index contributed by atoms with van der Waals surface area (Å²) in [5.74, 6) is -0.984. The molecular weight excluding hydrogens is 476 g/mol. The molecular formula is C27H31N4O4S+. The van der Waals surface area contributed by atoms with E-state index in [2.05, 4.69) is 38.3 Å². The van der Waals surface area contributed by atoms with Crippen molar-refractivity contribution in [3.05, 3.63) is 92.8 Å². The van der Waals surface area contributed by atoms with Gasteiger partial charge in [0.15, 0.2) is 0 Å². The van der Waals surface area contributed by atoms with Crippen LogP contribution in [0, 0.1) is 10.1 Å². The number of non-ortho nitro benzene ring substituents is 1. The molecule has 0 amide bonds. The standard InChI is InChI=1S/C27H30N4O4S/c1-6-31(5,21-14-9-8-10-15-21)18(4)25-24-23(19-12-11-13-20(16-19)30(33)34)22(27(32)35-7-2)17(3)28-26(24)36-29-25/h8-16,18,23H,6-7H2,1-5H3/p+1/t18-,23?,31?/m0/s1. The molecule has 3 atom stereocenters. The first kappa shape index (κ1) is 25.5. The number of hydrogen-bond acceptors (Lipinski definition) is 7. The summed E-state index contributed by atoms with van der Waals surface area (Å²) in [5, 5.41) is 15.8. The van der Waals surface area contributed by atoms with E-state index in [1.807, 2.05) is 31.2 Å². The van der Waals surface area contributed by atoms with Gasteiger partial charge in [-0.3, -0.25) is 14.6 Å². The van der Waals surface area contributed by atoms with Gasteiger partial charge in [0.05, 0.1) is 30.7 Å². The number of nitrogens with zero attached hydrogens (tertiary/aromatic N) is 3. The summed E-state index contributed by atoms with van der Waals surface area (Å²) in [4.78, 5) is 24.4. The number of allylic oxidation sites excluding steroid dienone is 1. The predicted octanol–water partition coefficient (Wildman–Crippen LogP) is 6.16. The zero-order chi connectivity index (χ0) is 26.0. The number of para-hydroxylation sites is 1. The highest BCUT2D eigenvalue weighted by Crippen LogP contribution is 2.49. The Morgan fingerprint density at radius 2 is 1.94 bits per heavy atom. The van der Waals surface area contributed by atoms with Crippen LogP contribution >= 0.6 is 11.5 Å². The van der Waals surface area contributed by atoms with Crippen LogP contribution in [0.5, 0.6) is 0 Å². The van der Waals surface area contributed by atoms with Crippen molar-refractivity contribution in [2.45, 2.75) is 39.7 Å². The van der Waals surface area contributed by atoms with Crippen LogP contribution < -0.4 is 9.80 Å². The Balaban J connectivity index is 1.92. The minimum Gasteiger partial charge on any atom is -0.463 e. The monoisotopic (exact) mass is 507 g/mol. The van der Waals surface area contributed by atoms with Crippen LogP contribution in [-0.4, -0.2) is 35.5 Å². The summed E-state index contributed by atoms with van der Waals surface area (Å²) in [6.07, 6.45) is 0. The summed E-state index contributed by atoms with van der Waals surface area (Å²) in [7, 11) is 2.18. The van der Waals surface area contributed by atoms with Crippen molar-refractivity contribution in [2.75, 3.05) is 25.5 Å². The summed E-state index contributed by atoms with van der Waals surface area (Å²) < 4.78 is 10.9. The normalized spacial score (nSPS) is 17.5. The van der Waals surface area contributed by atoms with E-state index >= 15 is 0 Å². The Kier molecular flexibility index (Phi) is 7.23. The summed E-state index contributed by atoms with van der Waals surface area (Å²) in [6.45, 7) is 8.94. The molecule has 36 heavy (non-hydrogen) atoms. The van der Waals surface area contributed by atoms with Crippen LogP contribution in [0.15, 0.2) is 65.9 Å². The number of nitrogens with one attached hydrogen (secondary N) is 1. The molecule has 1 aliphatic rings. The van der Waals surface area contributed by atoms with Crippen molar-refractivity contribution in [2.24, 2.45) is 0 Å². The third-order valence-electron chi connectivity index (χ3n) is 7.20. The molecule has 0 bridgehead atoms. The molecule has 8 nitrogen and oxygen atoms in total. The van der Waals surface area contributed by atoms with Gasteiger partial charge in [0, 0.05) is 29.3 Å². The van der Waals surface area contributed by atoms with Crippen LogP contribution in [0.25, 0.3) is 0 Å². The number of carbonyl (C=O) groups excluding carboxylic acids is 1. The molecule has 0 spiro atoms. The first-order chi connectivity index (χ1) is 17.2.